The number of aliphatic hydroxyl groups excluding tert-OH is 1. The van der Waals surface area contributed by atoms with Gasteiger partial charge in [-0.1, -0.05) is 12.8 Å². The molecule has 18 heavy (non-hydrogen) atoms. The molecule has 0 heterocycles. The lowest BCUT2D eigenvalue weighted by molar-refractivity contribution is 0.0836. The summed E-state index contributed by atoms with van der Waals surface area (Å²) in [5.41, 5.74) is 6.80. The van der Waals surface area contributed by atoms with Crippen molar-refractivity contribution in [2.45, 2.75) is 37.8 Å². The largest absolute Gasteiger partial charge is 0.506 e. The van der Waals surface area contributed by atoms with E-state index in [1.54, 1.807) is 0 Å². The quantitative estimate of drug-likeness (QED) is 0.592. The second-order valence-electron chi connectivity index (χ2n) is 4.89. The fourth-order valence-corrected chi connectivity index (χ4v) is 4.51. The van der Waals surface area contributed by atoms with Gasteiger partial charge in [-0.2, -0.15) is 0 Å². The van der Waals surface area contributed by atoms with E-state index in [0.29, 0.717) is 5.56 Å². The predicted molar refractivity (Wildman–Crippen MR) is 88.4 cm³/mol. The van der Waals surface area contributed by atoms with Crippen LogP contribution in [0, 0.1) is 13.1 Å². The molecular formula is C13H17I2NO2. The van der Waals surface area contributed by atoms with Crippen LogP contribution >= 0.6 is 45.2 Å². The molecule has 1 saturated carbocycles. The van der Waals surface area contributed by atoms with E-state index in [1.165, 1.54) is 12.8 Å². The molecular weight excluding hydrogens is 456 g/mol. The van der Waals surface area contributed by atoms with Crippen LogP contribution in [0.3, 0.4) is 0 Å². The lowest BCUT2D eigenvalue weighted by Gasteiger charge is -2.25. The van der Waals surface area contributed by atoms with Crippen LogP contribution in [-0.2, 0) is 0 Å². The summed E-state index contributed by atoms with van der Waals surface area (Å²) >= 11 is 4.29. The molecule has 0 aliphatic heterocycles. The van der Waals surface area contributed by atoms with E-state index in [4.69, 9.17) is 5.73 Å². The predicted octanol–water partition coefficient (Wildman–Crippen LogP) is 3.15. The number of aromatic hydroxyl groups is 1. The highest BCUT2D eigenvalue weighted by Gasteiger charge is 2.30. The molecule has 1 aromatic carbocycles. The minimum absolute atomic E-state index is 0.209. The van der Waals surface area contributed by atoms with Crippen molar-refractivity contribution in [3.63, 3.8) is 0 Å². The van der Waals surface area contributed by atoms with E-state index in [0.717, 1.165) is 20.0 Å². The van der Waals surface area contributed by atoms with Crippen LogP contribution in [0.4, 0.5) is 0 Å². The maximum atomic E-state index is 10.3. The molecule has 0 bridgehead atoms. The van der Waals surface area contributed by atoms with E-state index in [9.17, 15) is 10.2 Å². The molecule has 2 atom stereocenters. The Morgan fingerprint density at radius 3 is 2.44 bits per heavy atom. The van der Waals surface area contributed by atoms with Gasteiger partial charge in [0.1, 0.15) is 5.75 Å². The highest BCUT2D eigenvalue weighted by molar-refractivity contribution is 14.1. The van der Waals surface area contributed by atoms with Crippen LogP contribution in [0.25, 0.3) is 0 Å². The first-order chi connectivity index (χ1) is 8.50. The van der Waals surface area contributed by atoms with Gasteiger partial charge in [-0.05, 0) is 76.1 Å². The minimum Gasteiger partial charge on any atom is -0.506 e. The Bertz CT molecular complexity index is 433. The van der Waals surface area contributed by atoms with Gasteiger partial charge >= 0.3 is 0 Å². The lowest BCUT2D eigenvalue weighted by atomic mass is 9.90. The van der Waals surface area contributed by atoms with E-state index in [2.05, 4.69) is 45.2 Å². The van der Waals surface area contributed by atoms with Crippen LogP contribution in [0.5, 0.6) is 5.75 Å². The Kier molecular flexibility index (Phi) is 5.13. The third-order valence-corrected chi connectivity index (χ3v) is 5.11. The molecule has 2 rings (SSSR count). The molecule has 0 radical (unpaired) electrons. The van der Waals surface area contributed by atoms with Crippen molar-refractivity contribution in [2.24, 2.45) is 11.7 Å². The third-order valence-electron chi connectivity index (χ3n) is 3.67. The van der Waals surface area contributed by atoms with Gasteiger partial charge < -0.3 is 15.9 Å². The summed E-state index contributed by atoms with van der Waals surface area (Å²) in [7, 11) is 0. The van der Waals surface area contributed by atoms with Crippen LogP contribution in [-0.4, -0.2) is 16.3 Å². The molecule has 100 valence electrons. The average Bonchev–Trinajstić information content (AvgIpc) is 2.85. The van der Waals surface area contributed by atoms with Crippen molar-refractivity contribution in [3.8, 4) is 5.75 Å². The Morgan fingerprint density at radius 1 is 1.22 bits per heavy atom. The van der Waals surface area contributed by atoms with Gasteiger partial charge in [-0.15, -0.1) is 0 Å². The maximum Gasteiger partial charge on any atom is 0.133 e. The van der Waals surface area contributed by atoms with Gasteiger partial charge in [0.05, 0.1) is 15.7 Å². The number of hydrogen-bond donors (Lipinski definition) is 3. The van der Waals surface area contributed by atoms with Crippen LogP contribution in [0.1, 0.15) is 37.3 Å². The van der Waals surface area contributed by atoms with E-state index < -0.39 is 12.1 Å². The first-order valence-electron chi connectivity index (χ1n) is 6.12. The Labute approximate surface area is 134 Å². The third kappa shape index (κ3) is 3.10. The summed E-state index contributed by atoms with van der Waals surface area (Å²) in [5.74, 6) is 0.482. The molecule has 1 aromatic rings. The molecule has 1 fully saturated rings. The molecule has 1 aliphatic rings. The Balaban J connectivity index is 2.24. The topological polar surface area (TPSA) is 66.5 Å². The molecule has 0 unspecified atom stereocenters. The Morgan fingerprint density at radius 2 is 1.83 bits per heavy atom. The van der Waals surface area contributed by atoms with Crippen molar-refractivity contribution in [3.05, 3.63) is 24.8 Å². The van der Waals surface area contributed by atoms with Gasteiger partial charge in [0.2, 0.25) is 0 Å². The summed E-state index contributed by atoms with van der Waals surface area (Å²) in [6.45, 7) is 0. The van der Waals surface area contributed by atoms with Gasteiger partial charge in [-0.3, -0.25) is 0 Å². The van der Waals surface area contributed by atoms with Crippen molar-refractivity contribution in [1.82, 2.24) is 0 Å². The number of aliphatic hydroxyl groups is 1. The number of phenols is 1. The minimum atomic E-state index is -0.563. The average molecular weight is 473 g/mol. The van der Waals surface area contributed by atoms with Crippen molar-refractivity contribution in [1.29, 1.82) is 0 Å². The van der Waals surface area contributed by atoms with Gasteiger partial charge in [0.25, 0.3) is 0 Å². The molecule has 0 aromatic heterocycles. The van der Waals surface area contributed by atoms with Gasteiger partial charge in [0, 0.05) is 9.13 Å². The smallest absolute Gasteiger partial charge is 0.133 e. The number of benzene rings is 1. The van der Waals surface area contributed by atoms with E-state index >= 15 is 0 Å². The SMILES string of the molecule is N[C@H](c1cc(I)cc(I)c1O)[C@@H](O)C1CCCC1. The number of phenolic OH excluding ortho intramolecular Hbond substituents is 1. The monoisotopic (exact) mass is 473 g/mol. The number of nitrogens with two attached hydrogens (primary N) is 1. The van der Waals surface area contributed by atoms with Crippen molar-refractivity contribution < 1.29 is 10.2 Å². The zero-order chi connectivity index (χ0) is 13.3. The molecule has 0 amide bonds. The first kappa shape index (κ1) is 14.8. The first-order valence-corrected chi connectivity index (χ1v) is 8.28. The summed E-state index contributed by atoms with van der Waals surface area (Å²) in [6, 6.07) is 3.26. The summed E-state index contributed by atoms with van der Waals surface area (Å²) in [5, 5.41) is 20.4. The molecule has 0 spiro atoms. The summed E-state index contributed by atoms with van der Waals surface area (Å²) in [4.78, 5) is 0. The number of halogens is 2. The standard InChI is InChI=1S/C13H17I2NO2/c14-8-5-9(13(18)10(15)6-8)11(16)12(17)7-3-1-2-4-7/h5-7,11-12,17-18H,1-4,16H2/t11-,12+/m1/s1. The Hall–Kier alpha value is 0.400. The highest BCUT2D eigenvalue weighted by atomic mass is 127. The maximum absolute atomic E-state index is 10.3. The van der Waals surface area contributed by atoms with Gasteiger partial charge in [0.15, 0.2) is 0 Å². The summed E-state index contributed by atoms with van der Waals surface area (Å²) in [6.07, 6.45) is 3.86. The summed E-state index contributed by atoms with van der Waals surface area (Å²) < 4.78 is 1.81. The van der Waals surface area contributed by atoms with Crippen LogP contribution < -0.4 is 5.73 Å². The van der Waals surface area contributed by atoms with Gasteiger partial charge in [-0.25, -0.2) is 0 Å². The lowest BCUT2D eigenvalue weighted by Crippen LogP contribution is -2.32. The van der Waals surface area contributed by atoms with Crippen LogP contribution in [0.15, 0.2) is 12.1 Å². The van der Waals surface area contributed by atoms with Crippen LogP contribution in [0.2, 0.25) is 0 Å². The molecule has 3 nitrogen and oxygen atoms in total. The molecule has 1 aliphatic carbocycles. The second-order valence-corrected chi connectivity index (χ2v) is 7.29. The van der Waals surface area contributed by atoms with E-state index in [1.807, 2.05) is 12.1 Å². The molecule has 5 heteroatoms. The highest BCUT2D eigenvalue weighted by Crippen LogP contribution is 2.37. The zero-order valence-corrected chi connectivity index (χ0v) is 14.3. The molecule has 4 N–H and O–H groups in total. The van der Waals surface area contributed by atoms with E-state index in [-0.39, 0.29) is 11.7 Å². The van der Waals surface area contributed by atoms with Crippen molar-refractivity contribution in [2.75, 3.05) is 0 Å². The fourth-order valence-electron chi connectivity index (χ4n) is 2.62. The number of hydrogen-bond acceptors (Lipinski definition) is 3. The fraction of sp³-hybridized carbons (Fsp3) is 0.538. The van der Waals surface area contributed by atoms with Crippen molar-refractivity contribution >= 4 is 45.2 Å². The molecule has 0 saturated heterocycles. The number of rotatable bonds is 3. The zero-order valence-electron chi connectivity index (χ0n) is 9.94. The second kappa shape index (κ2) is 6.23. The normalized spacial score (nSPS) is 20.0.